The van der Waals surface area contributed by atoms with Crippen molar-refractivity contribution in [1.29, 1.82) is 0 Å². The minimum Gasteiger partial charge on any atom is -0.396 e. The number of nitrogens with zero attached hydrogens (tertiary/aromatic N) is 2. The molecule has 1 aliphatic rings. The number of hydrogen-bond acceptors (Lipinski definition) is 2. The molecular weight excluding hydrogens is 241 g/mol. The van der Waals surface area contributed by atoms with E-state index in [4.69, 9.17) is 17.3 Å². The van der Waals surface area contributed by atoms with Crippen LogP contribution in [0.4, 0.5) is 10.1 Å². The third-order valence-corrected chi connectivity index (χ3v) is 3.25. The van der Waals surface area contributed by atoms with Crippen molar-refractivity contribution >= 4 is 17.3 Å². The van der Waals surface area contributed by atoms with E-state index in [1.807, 2.05) is 0 Å². The van der Waals surface area contributed by atoms with Gasteiger partial charge in [-0.25, -0.2) is 9.07 Å². The molecule has 0 saturated heterocycles. The summed E-state index contributed by atoms with van der Waals surface area (Å²) >= 11 is 6.03. The first-order chi connectivity index (χ1) is 8.18. The van der Waals surface area contributed by atoms with Crippen molar-refractivity contribution in [2.24, 2.45) is 0 Å². The van der Waals surface area contributed by atoms with Crippen LogP contribution in [0.25, 0.3) is 5.69 Å². The topological polar surface area (TPSA) is 43.8 Å². The molecule has 0 radical (unpaired) electrons. The van der Waals surface area contributed by atoms with Gasteiger partial charge in [0.1, 0.15) is 11.5 Å². The SMILES string of the molecule is Nc1cnn(-c2c(F)cccc2Cl)c1C1CC1. The van der Waals surface area contributed by atoms with Crippen molar-refractivity contribution in [3.05, 3.63) is 40.9 Å². The third-order valence-electron chi connectivity index (χ3n) is 2.95. The van der Waals surface area contributed by atoms with Crippen molar-refractivity contribution in [2.45, 2.75) is 18.8 Å². The Morgan fingerprint density at radius 3 is 2.82 bits per heavy atom. The normalized spacial score (nSPS) is 15.2. The van der Waals surface area contributed by atoms with Crippen LogP contribution < -0.4 is 5.73 Å². The molecule has 5 heteroatoms. The number of benzene rings is 1. The van der Waals surface area contributed by atoms with Gasteiger partial charge in [0.2, 0.25) is 0 Å². The van der Waals surface area contributed by atoms with Gasteiger partial charge in [-0.05, 0) is 25.0 Å². The van der Waals surface area contributed by atoms with Crippen molar-refractivity contribution in [3.8, 4) is 5.69 Å². The van der Waals surface area contributed by atoms with Gasteiger partial charge in [-0.15, -0.1) is 0 Å². The van der Waals surface area contributed by atoms with Gasteiger partial charge in [-0.1, -0.05) is 17.7 Å². The first-order valence-corrected chi connectivity index (χ1v) is 5.84. The van der Waals surface area contributed by atoms with Crippen LogP contribution >= 0.6 is 11.6 Å². The van der Waals surface area contributed by atoms with Crippen molar-refractivity contribution in [1.82, 2.24) is 9.78 Å². The molecule has 1 aromatic carbocycles. The van der Waals surface area contributed by atoms with Crippen molar-refractivity contribution in [3.63, 3.8) is 0 Å². The monoisotopic (exact) mass is 251 g/mol. The van der Waals surface area contributed by atoms with E-state index in [9.17, 15) is 4.39 Å². The first kappa shape index (κ1) is 10.6. The van der Waals surface area contributed by atoms with Gasteiger partial charge < -0.3 is 5.73 Å². The van der Waals surface area contributed by atoms with Gasteiger partial charge in [0, 0.05) is 5.92 Å². The molecule has 1 aromatic heterocycles. The molecule has 0 atom stereocenters. The lowest BCUT2D eigenvalue weighted by atomic mass is 10.2. The Labute approximate surface area is 103 Å². The molecule has 1 fully saturated rings. The zero-order valence-corrected chi connectivity index (χ0v) is 9.78. The molecule has 2 aromatic rings. The Balaban J connectivity index is 2.21. The number of hydrogen-bond donors (Lipinski definition) is 1. The van der Waals surface area contributed by atoms with E-state index in [2.05, 4.69) is 5.10 Å². The van der Waals surface area contributed by atoms with E-state index in [0.717, 1.165) is 18.5 Å². The van der Waals surface area contributed by atoms with Crippen LogP contribution in [0.1, 0.15) is 24.5 Å². The summed E-state index contributed by atoms with van der Waals surface area (Å²) in [4.78, 5) is 0. The van der Waals surface area contributed by atoms with Gasteiger partial charge >= 0.3 is 0 Å². The quantitative estimate of drug-likeness (QED) is 0.891. The number of nitrogen functional groups attached to an aromatic ring is 1. The lowest BCUT2D eigenvalue weighted by Crippen LogP contribution is -2.05. The molecule has 1 heterocycles. The summed E-state index contributed by atoms with van der Waals surface area (Å²) in [6, 6.07) is 4.59. The van der Waals surface area contributed by atoms with Gasteiger partial charge in [0.25, 0.3) is 0 Å². The molecule has 0 aliphatic heterocycles. The minimum absolute atomic E-state index is 0.285. The van der Waals surface area contributed by atoms with Crippen LogP contribution in [0, 0.1) is 5.82 Å². The zero-order chi connectivity index (χ0) is 12.0. The molecule has 1 aliphatic carbocycles. The lowest BCUT2D eigenvalue weighted by molar-refractivity contribution is 0.607. The fourth-order valence-electron chi connectivity index (χ4n) is 2.01. The van der Waals surface area contributed by atoms with Crippen LogP contribution in [0.2, 0.25) is 5.02 Å². The molecule has 17 heavy (non-hydrogen) atoms. The molecule has 0 bridgehead atoms. The summed E-state index contributed by atoms with van der Waals surface area (Å²) in [6.07, 6.45) is 3.69. The average Bonchev–Trinajstić information content (AvgIpc) is 3.04. The van der Waals surface area contributed by atoms with Crippen molar-refractivity contribution in [2.75, 3.05) is 5.73 Å². The molecule has 1 saturated carbocycles. The van der Waals surface area contributed by atoms with Crippen LogP contribution in [-0.4, -0.2) is 9.78 Å². The maximum Gasteiger partial charge on any atom is 0.150 e. The lowest BCUT2D eigenvalue weighted by Gasteiger charge is -2.10. The van der Waals surface area contributed by atoms with Crippen LogP contribution in [0.15, 0.2) is 24.4 Å². The van der Waals surface area contributed by atoms with Gasteiger partial charge in [0.15, 0.2) is 0 Å². The summed E-state index contributed by atoms with van der Waals surface area (Å²) < 4.78 is 15.4. The Morgan fingerprint density at radius 2 is 2.18 bits per heavy atom. The van der Waals surface area contributed by atoms with Crippen LogP contribution in [-0.2, 0) is 0 Å². The molecular formula is C12H11ClFN3. The van der Waals surface area contributed by atoms with E-state index >= 15 is 0 Å². The zero-order valence-electron chi connectivity index (χ0n) is 9.03. The van der Waals surface area contributed by atoms with E-state index in [1.54, 1.807) is 18.3 Å². The summed E-state index contributed by atoms with van der Waals surface area (Å²) in [6.45, 7) is 0. The number of anilines is 1. The molecule has 0 unspecified atom stereocenters. The summed E-state index contributed by atoms with van der Waals surface area (Å²) in [5.74, 6) is -0.00401. The molecule has 88 valence electrons. The second kappa shape index (κ2) is 3.74. The fourth-order valence-corrected chi connectivity index (χ4v) is 2.25. The van der Waals surface area contributed by atoms with Crippen molar-refractivity contribution < 1.29 is 4.39 Å². The summed E-state index contributed by atoms with van der Waals surface area (Å²) in [5.41, 5.74) is 7.63. The predicted molar refractivity (Wildman–Crippen MR) is 64.9 cm³/mol. The molecule has 2 N–H and O–H groups in total. The first-order valence-electron chi connectivity index (χ1n) is 5.46. The molecule has 0 spiro atoms. The largest absolute Gasteiger partial charge is 0.396 e. The van der Waals surface area contributed by atoms with Gasteiger partial charge in [-0.3, -0.25) is 0 Å². The maximum atomic E-state index is 13.8. The number of nitrogens with two attached hydrogens (primary N) is 1. The highest BCUT2D eigenvalue weighted by atomic mass is 35.5. The number of aromatic nitrogens is 2. The average molecular weight is 252 g/mol. The Hall–Kier alpha value is -1.55. The summed E-state index contributed by atoms with van der Waals surface area (Å²) in [5, 5.41) is 4.48. The van der Waals surface area contributed by atoms with E-state index < -0.39 is 0 Å². The second-order valence-corrected chi connectivity index (χ2v) is 4.65. The maximum absolute atomic E-state index is 13.8. The Kier molecular flexibility index (Phi) is 2.33. The number of rotatable bonds is 2. The van der Waals surface area contributed by atoms with Gasteiger partial charge in [0.05, 0.1) is 22.6 Å². The Bertz CT molecular complexity index is 555. The summed E-state index contributed by atoms with van der Waals surface area (Å²) in [7, 11) is 0. The second-order valence-electron chi connectivity index (χ2n) is 4.24. The highest BCUT2D eigenvalue weighted by Gasteiger charge is 2.31. The molecule has 0 amide bonds. The minimum atomic E-state index is -0.387. The highest BCUT2D eigenvalue weighted by Crippen LogP contribution is 2.44. The molecule has 3 nitrogen and oxygen atoms in total. The number of para-hydroxylation sites is 1. The Morgan fingerprint density at radius 1 is 1.41 bits per heavy atom. The van der Waals surface area contributed by atoms with Crippen LogP contribution in [0.5, 0.6) is 0 Å². The number of halogens is 2. The van der Waals surface area contributed by atoms with E-state index in [1.165, 1.54) is 10.7 Å². The third kappa shape index (κ3) is 1.69. The van der Waals surface area contributed by atoms with E-state index in [-0.39, 0.29) is 11.5 Å². The fraction of sp³-hybridized carbons (Fsp3) is 0.250. The predicted octanol–water partition coefficient (Wildman–Crippen LogP) is 3.12. The van der Waals surface area contributed by atoms with Gasteiger partial charge in [-0.2, -0.15) is 5.10 Å². The standard InChI is InChI=1S/C12H11ClFN3/c13-8-2-1-3-9(14)12(8)17-11(7-4-5-7)10(15)6-16-17/h1-3,6-7H,4-5,15H2. The smallest absolute Gasteiger partial charge is 0.150 e. The molecule has 3 rings (SSSR count). The highest BCUT2D eigenvalue weighted by molar-refractivity contribution is 6.32. The van der Waals surface area contributed by atoms with Crippen LogP contribution in [0.3, 0.4) is 0 Å². The van der Waals surface area contributed by atoms with E-state index in [0.29, 0.717) is 16.6 Å².